The minimum atomic E-state index is -0.589. The van der Waals surface area contributed by atoms with Crippen molar-refractivity contribution in [2.45, 2.75) is 0 Å². The van der Waals surface area contributed by atoms with Gasteiger partial charge in [-0.25, -0.2) is 4.79 Å². The van der Waals surface area contributed by atoms with Gasteiger partial charge >= 0.3 is 5.97 Å². The predicted molar refractivity (Wildman–Crippen MR) is 115 cm³/mol. The van der Waals surface area contributed by atoms with Gasteiger partial charge in [-0.3, -0.25) is 9.59 Å². The first-order valence-corrected chi connectivity index (χ1v) is 9.58. The smallest absolute Gasteiger partial charge is 0.337 e. The van der Waals surface area contributed by atoms with Crippen LogP contribution in [-0.2, 0) is 9.53 Å². The summed E-state index contributed by atoms with van der Waals surface area (Å²) in [6, 6.07) is 16.4. The van der Waals surface area contributed by atoms with Crippen LogP contribution in [0.2, 0.25) is 0 Å². The number of benzene rings is 2. The lowest BCUT2D eigenvalue weighted by Crippen LogP contribution is -2.31. The standard InChI is InChI=1S/C22H17BrN2O5/c1-29-22(28)14-6-4-7-15(12-14)24-21(27)19(13-16-8-5-11-30-16)25-20(26)17-9-2-3-10-18(17)23/h2-13H,1H3,(H,24,27)(H,25,26)/b19-13+. The second-order valence-corrected chi connectivity index (χ2v) is 6.89. The summed E-state index contributed by atoms with van der Waals surface area (Å²) in [6.07, 6.45) is 2.87. The molecule has 3 rings (SSSR count). The van der Waals surface area contributed by atoms with Crippen molar-refractivity contribution >= 4 is 45.5 Å². The molecule has 152 valence electrons. The Morgan fingerprint density at radius 3 is 2.53 bits per heavy atom. The van der Waals surface area contributed by atoms with Crippen molar-refractivity contribution < 1.29 is 23.5 Å². The molecule has 1 heterocycles. The number of carbonyl (C=O) groups excluding carboxylic acids is 3. The van der Waals surface area contributed by atoms with E-state index in [1.54, 1.807) is 54.6 Å². The number of esters is 1. The van der Waals surface area contributed by atoms with E-state index in [0.717, 1.165) is 0 Å². The number of carbonyl (C=O) groups is 3. The van der Waals surface area contributed by atoms with Crippen LogP contribution < -0.4 is 10.6 Å². The lowest BCUT2D eigenvalue weighted by atomic mass is 10.2. The molecule has 8 heteroatoms. The molecule has 1 aromatic heterocycles. The number of hydrogen-bond acceptors (Lipinski definition) is 5. The molecule has 2 amide bonds. The second-order valence-electron chi connectivity index (χ2n) is 6.03. The molecule has 2 N–H and O–H groups in total. The summed E-state index contributed by atoms with van der Waals surface area (Å²) >= 11 is 3.32. The quantitative estimate of drug-likeness (QED) is 0.416. The van der Waals surface area contributed by atoms with Gasteiger partial charge < -0.3 is 19.8 Å². The molecule has 0 saturated carbocycles. The largest absolute Gasteiger partial charge is 0.465 e. The van der Waals surface area contributed by atoms with E-state index < -0.39 is 17.8 Å². The molecule has 0 aliphatic carbocycles. The molecule has 0 bridgehead atoms. The van der Waals surface area contributed by atoms with Crippen molar-refractivity contribution in [1.82, 2.24) is 5.32 Å². The summed E-state index contributed by atoms with van der Waals surface area (Å²) in [7, 11) is 1.27. The number of hydrogen-bond donors (Lipinski definition) is 2. The zero-order valence-electron chi connectivity index (χ0n) is 15.8. The minimum absolute atomic E-state index is 0.0332. The molecule has 3 aromatic rings. The molecule has 0 atom stereocenters. The van der Waals surface area contributed by atoms with Gasteiger partial charge in [-0.1, -0.05) is 18.2 Å². The molecule has 7 nitrogen and oxygen atoms in total. The normalized spacial score (nSPS) is 10.9. The van der Waals surface area contributed by atoms with E-state index in [1.165, 1.54) is 25.5 Å². The van der Waals surface area contributed by atoms with Crippen molar-refractivity contribution in [3.63, 3.8) is 0 Å². The van der Waals surface area contributed by atoms with Crippen molar-refractivity contribution in [3.05, 3.63) is 94.0 Å². The summed E-state index contributed by atoms with van der Waals surface area (Å²) in [5, 5.41) is 5.27. The Bertz CT molecular complexity index is 1110. The third kappa shape index (κ3) is 5.24. The van der Waals surface area contributed by atoms with Crippen LogP contribution >= 0.6 is 15.9 Å². The first kappa shape index (κ1) is 21.1. The van der Waals surface area contributed by atoms with Crippen molar-refractivity contribution in [1.29, 1.82) is 0 Å². The lowest BCUT2D eigenvalue weighted by molar-refractivity contribution is -0.113. The highest BCUT2D eigenvalue weighted by Gasteiger charge is 2.17. The molecule has 0 aliphatic heterocycles. The van der Waals surface area contributed by atoms with Gasteiger partial charge in [0.2, 0.25) is 0 Å². The Morgan fingerprint density at radius 1 is 1.03 bits per heavy atom. The summed E-state index contributed by atoms with van der Waals surface area (Å²) < 4.78 is 10.5. The summed E-state index contributed by atoms with van der Waals surface area (Å²) in [4.78, 5) is 37.3. The van der Waals surface area contributed by atoms with E-state index in [-0.39, 0.29) is 11.3 Å². The van der Waals surface area contributed by atoms with E-state index in [1.807, 2.05) is 0 Å². The fourth-order valence-corrected chi connectivity index (χ4v) is 3.01. The van der Waals surface area contributed by atoms with Gasteiger partial charge in [0.15, 0.2) is 0 Å². The predicted octanol–water partition coefficient (Wildman–Crippen LogP) is 4.24. The van der Waals surface area contributed by atoms with Crippen LogP contribution in [0.1, 0.15) is 26.5 Å². The maximum absolute atomic E-state index is 12.9. The Morgan fingerprint density at radius 2 is 1.83 bits per heavy atom. The highest BCUT2D eigenvalue weighted by Crippen LogP contribution is 2.18. The van der Waals surface area contributed by atoms with Crippen LogP contribution in [-0.4, -0.2) is 24.9 Å². The number of methoxy groups -OCH3 is 1. The van der Waals surface area contributed by atoms with Crippen molar-refractivity contribution in [2.75, 3.05) is 12.4 Å². The summed E-state index contributed by atoms with van der Waals surface area (Å²) in [5.41, 5.74) is 0.977. The van der Waals surface area contributed by atoms with Crippen LogP contribution in [0.15, 0.2) is 81.5 Å². The van der Waals surface area contributed by atoms with Crippen LogP contribution in [0.4, 0.5) is 5.69 Å². The maximum Gasteiger partial charge on any atom is 0.337 e. The molecule has 0 fully saturated rings. The first-order chi connectivity index (χ1) is 14.5. The van der Waals surface area contributed by atoms with Gasteiger partial charge in [-0.2, -0.15) is 0 Å². The minimum Gasteiger partial charge on any atom is -0.465 e. The monoisotopic (exact) mass is 468 g/mol. The van der Waals surface area contributed by atoms with E-state index in [2.05, 4.69) is 31.3 Å². The van der Waals surface area contributed by atoms with Gasteiger partial charge in [0.25, 0.3) is 11.8 Å². The van der Waals surface area contributed by atoms with E-state index in [4.69, 9.17) is 4.42 Å². The number of halogens is 1. The maximum atomic E-state index is 12.9. The highest BCUT2D eigenvalue weighted by molar-refractivity contribution is 9.10. The molecular weight excluding hydrogens is 452 g/mol. The van der Waals surface area contributed by atoms with Gasteiger partial charge in [-0.15, -0.1) is 0 Å². The number of nitrogens with one attached hydrogen (secondary N) is 2. The van der Waals surface area contributed by atoms with Crippen LogP contribution in [0.3, 0.4) is 0 Å². The number of rotatable bonds is 6. The first-order valence-electron chi connectivity index (χ1n) is 8.78. The number of ether oxygens (including phenoxy) is 1. The van der Waals surface area contributed by atoms with E-state index in [9.17, 15) is 14.4 Å². The molecule has 0 saturated heterocycles. The zero-order chi connectivity index (χ0) is 21.5. The molecule has 2 aromatic carbocycles. The molecule has 0 spiro atoms. The van der Waals surface area contributed by atoms with Gasteiger partial charge in [0.1, 0.15) is 11.5 Å². The summed E-state index contributed by atoms with van der Waals surface area (Å²) in [5.74, 6) is -1.21. The van der Waals surface area contributed by atoms with Crippen molar-refractivity contribution in [2.24, 2.45) is 0 Å². The number of amides is 2. The molecule has 0 aliphatic rings. The highest BCUT2D eigenvalue weighted by atomic mass is 79.9. The zero-order valence-corrected chi connectivity index (χ0v) is 17.4. The number of furan rings is 1. The van der Waals surface area contributed by atoms with Gasteiger partial charge in [0, 0.05) is 16.2 Å². The van der Waals surface area contributed by atoms with Gasteiger partial charge in [0.05, 0.1) is 24.5 Å². The molecule has 30 heavy (non-hydrogen) atoms. The Labute approximate surface area is 180 Å². The Hall–Kier alpha value is -3.65. The van der Waals surface area contributed by atoms with E-state index in [0.29, 0.717) is 21.5 Å². The average Bonchev–Trinajstić information content (AvgIpc) is 3.26. The third-order valence-corrected chi connectivity index (χ3v) is 4.67. The Kier molecular flexibility index (Phi) is 6.82. The van der Waals surface area contributed by atoms with Crippen LogP contribution in [0.25, 0.3) is 6.08 Å². The third-order valence-electron chi connectivity index (χ3n) is 3.98. The van der Waals surface area contributed by atoms with Crippen molar-refractivity contribution in [3.8, 4) is 0 Å². The average molecular weight is 469 g/mol. The molecule has 0 radical (unpaired) electrons. The Balaban J connectivity index is 1.86. The SMILES string of the molecule is COC(=O)c1cccc(NC(=O)/C(=C\c2ccco2)NC(=O)c2ccccc2Br)c1. The molecule has 0 unspecified atom stereocenters. The molecular formula is C22H17BrN2O5. The lowest BCUT2D eigenvalue weighted by Gasteiger charge is -2.12. The second kappa shape index (κ2) is 9.71. The van der Waals surface area contributed by atoms with Crippen LogP contribution in [0.5, 0.6) is 0 Å². The van der Waals surface area contributed by atoms with E-state index >= 15 is 0 Å². The number of anilines is 1. The van der Waals surface area contributed by atoms with Crippen LogP contribution in [0, 0.1) is 0 Å². The topological polar surface area (TPSA) is 97.6 Å². The summed E-state index contributed by atoms with van der Waals surface area (Å²) in [6.45, 7) is 0. The fraction of sp³-hybridized carbons (Fsp3) is 0.0455. The fourth-order valence-electron chi connectivity index (χ4n) is 2.55. The van der Waals surface area contributed by atoms with Gasteiger partial charge in [-0.05, 0) is 58.4 Å².